The molecule has 0 aliphatic heterocycles. The molecule has 10 heteroatoms. The third-order valence-corrected chi connectivity index (χ3v) is 6.59. The first-order chi connectivity index (χ1) is 17.1. The number of nitrogens with zero attached hydrogens (tertiary/aromatic N) is 2. The minimum absolute atomic E-state index is 0.220. The molecule has 0 fully saturated rings. The van der Waals surface area contributed by atoms with E-state index in [0.717, 1.165) is 16.1 Å². The van der Waals surface area contributed by atoms with Crippen molar-refractivity contribution in [1.82, 2.24) is 5.43 Å². The molecule has 1 atom stereocenters. The molecular formula is C26H28N4O5S. The summed E-state index contributed by atoms with van der Waals surface area (Å²) in [7, 11) is -2.25. The summed E-state index contributed by atoms with van der Waals surface area (Å²) in [5, 5.41) is 6.95. The topological polar surface area (TPSA) is 117 Å². The first-order valence-corrected chi connectivity index (χ1v) is 12.9. The van der Waals surface area contributed by atoms with Crippen LogP contribution in [0, 0.1) is 0 Å². The van der Waals surface area contributed by atoms with Gasteiger partial charge in [-0.05, 0) is 67.9 Å². The van der Waals surface area contributed by atoms with Crippen LogP contribution in [0.1, 0.15) is 29.8 Å². The monoisotopic (exact) mass is 508 g/mol. The van der Waals surface area contributed by atoms with Crippen LogP contribution in [-0.2, 0) is 14.8 Å². The van der Waals surface area contributed by atoms with Crippen molar-refractivity contribution in [2.45, 2.75) is 19.9 Å². The lowest BCUT2D eigenvalue weighted by molar-refractivity contribution is -0.121. The third kappa shape index (κ3) is 6.70. The highest BCUT2D eigenvalue weighted by atomic mass is 32.2. The van der Waals surface area contributed by atoms with Crippen LogP contribution in [0.25, 0.3) is 0 Å². The fourth-order valence-corrected chi connectivity index (χ4v) is 4.60. The maximum atomic E-state index is 12.8. The molecule has 2 amide bonds. The van der Waals surface area contributed by atoms with Gasteiger partial charge in [-0.2, -0.15) is 5.10 Å². The van der Waals surface area contributed by atoms with Gasteiger partial charge in [0, 0.05) is 11.3 Å². The molecule has 3 aromatic rings. The number of nitrogens with one attached hydrogen (secondary N) is 2. The second-order valence-electron chi connectivity index (χ2n) is 8.00. The standard InChI is InChI=1S/C26H28N4O5S/c1-18(20-10-12-22(13-11-20)27-26(32)21-8-6-5-7-9-21)28-29-25(31)19(2)30(36(4,33)34)23-14-16-24(35-3)17-15-23/h5-17,19H,1-4H3,(H,27,32)(H,29,31)/b28-18-/t19-/m0/s1. The van der Waals surface area contributed by atoms with Gasteiger partial charge in [0.2, 0.25) is 10.0 Å². The van der Waals surface area contributed by atoms with Crippen LogP contribution in [0.15, 0.2) is 84.0 Å². The normalized spacial score (nSPS) is 12.4. The van der Waals surface area contributed by atoms with E-state index < -0.39 is 22.0 Å². The minimum Gasteiger partial charge on any atom is -0.497 e. The van der Waals surface area contributed by atoms with Crippen LogP contribution in [0.3, 0.4) is 0 Å². The number of ether oxygens (including phenoxy) is 1. The van der Waals surface area contributed by atoms with E-state index in [1.165, 1.54) is 14.0 Å². The van der Waals surface area contributed by atoms with Gasteiger partial charge in [0.1, 0.15) is 11.8 Å². The maximum Gasteiger partial charge on any atom is 0.263 e. The zero-order valence-corrected chi connectivity index (χ0v) is 21.2. The van der Waals surface area contributed by atoms with Gasteiger partial charge in [-0.3, -0.25) is 13.9 Å². The van der Waals surface area contributed by atoms with Crippen molar-refractivity contribution in [3.8, 4) is 5.75 Å². The van der Waals surface area contributed by atoms with Crippen LogP contribution in [-0.4, -0.2) is 45.4 Å². The largest absolute Gasteiger partial charge is 0.497 e. The summed E-state index contributed by atoms with van der Waals surface area (Å²) >= 11 is 0. The Labute approximate surface area is 210 Å². The van der Waals surface area contributed by atoms with E-state index in [4.69, 9.17) is 4.74 Å². The Bertz CT molecular complexity index is 1340. The molecule has 0 aromatic heterocycles. The molecule has 0 unspecified atom stereocenters. The Morgan fingerprint density at radius 1 is 0.917 bits per heavy atom. The summed E-state index contributed by atoms with van der Waals surface area (Å²) < 4.78 is 31.0. The molecule has 0 bridgehead atoms. The summed E-state index contributed by atoms with van der Waals surface area (Å²) in [5.74, 6) is -0.250. The van der Waals surface area contributed by atoms with E-state index in [2.05, 4.69) is 15.8 Å². The van der Waals surface area contributed by atoms with E-state index in [1.54, 1.807) is 79.7 Å². The number of carbonyl (C=O) groups is 2. The van der Waals surface area contributed by atoms with Gasteiger partial charge in [0.15, 0.2) is 0 Å². The molecule has 188 valence electrons. The molecule has 0 spiro atoms. The predicted octanol–water partition coefficient (Wildman–Crippen LogP) is 3.64. The van der Waals surface area contributed by atoms with Gasteiger partial charge >= 0.3 is 0 Å². The number of methoxy groups -OCH3 is 1. The van der Waals surface area contributed by atoms with Crippen molar-refractivity contribution in [2.24, 2.45) is 5.10 Å². The maximum absolute atomic E-state index is 12.8. The molecular weight excluding hydrogens is 480 g/mol. The molecule has 0 aliphatic rings. The molecule has 9 nitrogen and oxygen atoms in total. The van der Waals surface area contributed by atoms with Gasteiger partial charge in [0.25, 0.3) is 11.8 Å². The highest BCUT2D eigenvalue weighted by Gasteiger charge is 2.29. The number of carbonyl (C=O) groups excluding carboxylic acids is 2. The van der Waals surface area contributed by atoms with Gasteiger partial charge in [-0.25, -0.2) is 13.8 Å². The SMILES string of the molecule is COc1ccc(N([C@@H](C)C(=O)N/N=C(/C)c2ccc(NC(=O)c3ccccc3)cc2)S(C)(=O)=O)cc1. The predicted molar refractivity (Wildman–Crippen MR) is 141 cm³/mol. The molecule has 2 N–H and O–H groups in total. The Hall–Kier alpha value is -4.18. The summed E-state index contributed by atoms with van der Waals surface area (Å²) in [5.41, 5.74) is 5.16. The van der Waals surface area contributed by atoms with Crippen LogP contribution in [0.4, 0.5) is 11.4 Å². The van der Waals surface area contributed by atoms with Crippen molar-refractivity contribution in [1.29, 1.82) is 0 Å². The number of amides is 2. The minimum atomic E-state index is -3.76. The summed E-state index contributed by atoms with van der Waals surface area (Å²) in [6.07, 6.45) is 1.04. The number of sulfonamides is 1. The van der Waals surface area contributed by atoms with E-state index in [-0.39, 0.29) is 5.91 Å². The summed E-state index contributed by atoms with van der Waals surface area (Å²) in [6.45, 7) is 3.19. The summed E-state index contributed by atoms with van der Waals surface area (Å²) in [6, 6.07) is 21.2. The van der Waals surface area contributed by atoms with Gasteiger partial charge in [-0.1, -0.05) is 30.3 Å². The number of benzene rings is 3. The zero-order chi connectivity index (χ0) is 26.3. The fourth-order valence-electron chi connectivity index (χ4n) is 3.42. The second kappa shape index (κ2) is 11.5. The molecule has 36 heavy (non-hydrogen) atoms. The third-order valence-electron chi connectivity index (χ3n) is 5.35. The summed E-state index contributed by atoms with van der Waals surface area (Å²) in [4.78, 5) is 25.1. The van der Waals surface area contributed by atoms with E-state index in [9.17, 15) is 18.0 Å². The molecule has 0 heterocycles. The Morgan fingerprint density at radius 2 is 1.53 bits per heavy atom. The Balaban J connectivity index is 1.68. The lowest BCUT2D eigenvalue weighted by atomic mass is 10.1. The van der Waals surface area contributed by atoms with Crippen molar-refractivity contribution >= 4 is 38.9 Å². The van der Waals surface area contributed by atoms with Crippen molar-refractivity contribution in [3.63, 3.8) is 0 Å². The molecule has 0 radical (unpaired) electrons. The van der Waals surface area contributed by atoms with Crippen LogP contribution < -0.4 is 19.8 Å². The highest BCUT2D eigenvalue weighted by Crippen LogP contribution is 2.24. The van der Waals surface area contributed by atoms with Crippen LogP contribution >= 0.6 is 0 Å². The van der Waals surface area contributed by atoms with Crippen molar-refractivity contribution in [2.75, 3.05) is 23.0 Å². The lowest BCUT2D eigenvalue weighted by Crippen LogP contribution is -2.46. The smallest absolute Gasteiger partial charge is 0.263 e. The van der Waals surface area contributed by atoms with E-state index in [0.29, 0.717) is 28.4 Å². The van der Waals surface area contributed by atoms with Crippen molar-refractivity contribution < 1.29 is 22.7 Å². The van der Waals surface area contributed by atoms with Crippen LogP contribution in [0.2, 0.25) is 0 Å². The molecule has 0 saturated heterocycles. The number of rotatable bonds is 9. The van der Waals surface area contributed by atoms with Crippen molar-refractivity contribution in [3.05, 3.63) is 90.0 Å². The quantitative estimate of drug-likeness (QED) is 0.338. The second-order valence-corrected chi connectivity index (χ2v) is 9.86. The highest BCUT2D eigenvalue weighted by molar-refractivity contribution is 7.92. The van der Waals surface area contributed by atoms with Gasteiger partial charge in [0.05, 0.1) is 24.8 Å². The zero-order valence-electron chi connectivity index (χ0n) is 20.4. The number of hydrazone groups is 1. The van der Waals surface area contributed by atoms with E-state index >= 15 is 0 Å². The number of anilines is 2. The first kappa shape index (κ1) is 26.4. The fraction of sp³-hybridized carbons (Fsp3) is 0.192. The van der Waals surface area contributed by atoms with E-state index in [1.807, 2.05) is 6.07 Å². The Kier molecular flexibility index (Phi) is 8.44. The molecule has 3 aromatic carbocycles. The Morgan fingerprint density at radius 3 is 2.08 bits per heavy atom. The van der Waals surface area contributed by atoms with Crippen LogP contribution in [0.5, 0.6) is 5.75 Å². The average molecular weight is 509 g/mol. The molecule has 3 rings (SSSR count). The lowest BCUT2D eigenvalue weighted by Gasteiger charge is -2.27. The first-order valence-electron chi connectivity index (χ1n) is 11.0. The van der Waals surface area contributed by atoms with Gasteiger partial charge < -0.3 is 10.1 Å². The number of hydrogen-bond acceptors (Lipinski definition) is 6. The molecule has 0 saturated carbocycles. The molecule has 0 aliphatic carbocycles. The van der Waals surface area contributed by atoms with Gasteiger partial charge in [-0.15, -0.1) is 0 Å². The average Bonchev–Trinajstić information content (AvgIpc) is 2.87. The number of hydrogen-bond donors (Lipinski definition) is 2.